The Labute approximate surface area is 215 Å². The number of ether oxygens (including phenoxy) is 1. The Hall–Kier alpha value is -3.83. The average Bonchev–Trinajstić information content (AvgIpc) is 2.89. The molecule has 1 heterocycles. The fourth-order valence-corrected chi connectivity index (χ4v) is 4.72. The van der Waals surface area contributed by atoms with E-state index < -0.39 is 46.9 Å². The van der Waals surface area contributed by atoms with E-state index in [1.54, 1.807) is 24.3 Å². The first-order chi connectivity index (χ1) is 17.7. The first-order valence-corrected chi connectivity index (χ1v) is 13.2. The molecule has 1 aromatic heterocycles. The van der Waals surface area contributed by atoms with Crippen molar-refractivity contribution in [2.75, 3.05) is 13.1 Å². The van der Waals surface area contributed by atoms with Crippen LogP contribution in [0.4, 0.5) is 4.79 Å². The molecule has 1 atom stereocenters. The molecule has 2 aromatic carbocycles. The van der Waals surface area contributed by atoms with Gasteiger partial charge in [-0.1, -0.05) is 62.4 Å². The third-order valence-electron chi connectivity index (χ3n) is 5.33. The van der Waals surface area contributed by atoms with E-state index in [0.29, 0.717) is 17.3 Å². The van der Waals surface area contributed by atoms with Gasteiger partial charge in [0.1, 0.15) is 17.5 Å². The van der Waals surface area contributed by atoms with Gasteiger partial charge in [-0.15, -0.1) is 0 Å². The van der Waals surface area contributed by atoms with Crippen molar-refractivity contribution < 1.29 is 27.5 Å². The third-order valence-corrected chi connectivity index (χ3v) is 6.77. The lowest BCUT2D eigenvalue weighted by Crippen LogP contribution is -2.49. The number of nitrogens with one attached hydrogen (secondary N) is 3. The molecular weight excluding hydrogens is 496 g/mol. The largest absolute Gasteiger partial charge is 0.445 e. The molecule has 11 heteroatoms. The number of rotatable bonds is 12. The first kappa shape index (κ1) is 27.8. The van der Waals surface area contributed by atoms with Crippen molar-refractivity contribution in [1.82, 2.24) is 20.3 Å². The van der Waals surface area contributed by atoms with Crippen molar-refractivity contribution in [1.29, 1.82) is 0 Å². The number of pyridine rings is 1. The molecular formula is C26H30N4O6S. The summed E-state index contributed by atoms with van der Waals surface area (Å²) < 4.78 is 32.9. The highest BCUT2D eigenvalue weighted by Gasteiger charge is 2.24. The molecule has 0 fully saturated rings. The Morgan fingerprint density at radius 2 is 1.68 bits per heavy atom. The molecule has 0 bridgehead atoms. The van der Waals surface area contributed by atoms with Gasteiger partial charge < -0.3 is 15.4 Å². The van der Waals surface area contributed by atoms with Crippen LogP contribution >= 0.6 is 0 Å². The quantitative estimate of drug-likeness (QED) is 0.329. The molecule has 2 amide bonds. The Kier molecular flexibility index (Phi) is 9.70. The van der Waals surface area contributed by atoms with Crippen LogP contribution in [-0.4, -0.2) is 50.3 Å². The summed E-state index contributed by atoms with van der Waals surface area (Å²) in [5, 5.41) is 5.65. The molecule has 0 radical (unpaired) electrons. The topological polar surface area (TPSA) is 144 Å². The van der Waals surface area contributed by atoms with Crippen LogP contribution in [0.3, 0.4) is 0 Å². The van der Waals surface area contributed by atoms with Crippen LogP contribution in [0, 0.1) is 5.92 Å². The van der Waals surface area contributed by atoms with Crippen molar-refractivity contribution in [3.8, 4) is 0 Å². The maximum Gasteiger partial charge on any atom is 0.408 e. The number of carbonyl (C=O) groups excluding carboxylic acids is 3. The van der Waals surface area contributed by atoms with E-state index in [4.69, 9.17) is 4.74 Å². The number of carbonyl (C=O) groups is 3. The minimum atomic E-state index is -4.02. The van der Waals surface area contributed by atoms with Gasteiger partial charge >= 0.3 is 6.09 Å². The summed E-state index contributed by atoms with van der Waals surface area (Å²) in [7, 11) is -4.02. The van der Waals surface area contributed by atoms with E-state index in [1.165, 1.54) is 12.3 Å². The highest BCUT2D eigenvalue weighted by molar-refractivity contribution is 7.89. The number of fused-ring (bicyclic) bond motifs is 1. The molecule has 3 rings (SSSR count). The lowest BCUT2D eigenvalue weighted by atomic mass is 10.0. The van der Waals surface area contributed by atoms with Gasteiger partial charge in [0.25, 0.3) is 0 Å². The molecule has 0 saturated heterocycles. The Morgan fingerprint density at radius 1 is 0.946 bits per heavy atom. The molecule has 3 aromatic rings. The number of hydrogen-bond donors (Lipinski definition) is 3. The molecule has 0 spiro atoms. The standard InChI is InChI=1S/C26H30N4O6S/c1-18(2)14-22(30-26(33)36-17-19-8-4-3-5-9-19)25(32)28-15-21(31)16-29-37(34,35)23-12-6-10-20-11-7-13-27-24(20)23/h3-13,18,22,29H,14-17H2,1-2H3,(H,28,32)(H,30,33)/t22-/m0/s1. The van der Waals surface area contributed by atoms with Crippen molar-refractivity contribution in [3.63, 3.8) is 0 Å². The fraction of sp³-hybridized carbons (Fsp3) is 0.308. The van der Waals surface area contributed by atoms with E-state index in [0.717, 1.165) is 5.56 Å². The van der Waals surface area contributed by atoms with Gasteiger partial charge in [0.15, 0.2) is 5.78 Å². The Morgan fingerprint density at radius 3 is 2.41 bits per heavy atom. The molecule has 196 valence electrons. The zero-order valence-corrected chi connectivity index (χ0v) is 21.5. The summed E-state index contributed by atoms with van der Waals surface area (Å²) in [6.07, 6.45) is 1.05. The summed E-state index contributed by atoms with van der Waals surface area (Å²) >= 11 is 0. The van der Waals surface area contributed by atoms with Crippen LogP contribution in [-0.2, 0) is 31.0 Å². The van der Waals surface area contributed by atoms with Gasteiger partial charge in [0, 0.05) is 11.6 Å². The molecule has 0 aliphatic rings. The zero-order valence-electron chi connectivity index (χ0n) is 20.6. The monoisotopic (exact) mass is 526 g/mol. The number of para-hydroxylation sites is 1. The number of ketones is 1. The van der Waals surface area contributed by atoms with Crippen molar-refractivity contribution >= 4 is 38.7 Å². The van der Waals surface area contributed by atoms with Crippen LogP contribution in [0.5, 0.6) is 0 Å². The van der Waals surface area contributed by atoms with Crippen LogP contribution in [0.1, 0.15) is 25.8 Å². The molecule has 37 heavy (non-hydrogen) atoms. The van der Waals surface area contributed by atoms with Gasteiger partial charge in [0.2, 0.25) is 15.9 Å². The summed E-state index contributed by atoms with van der Waals surface area (Å²) in [5.41, 5.74) is 1.09. The second-order valence-electron chi connectivity index (χ2n) is 8.80. The lowest BCUT2D eigenvalue weighted by molar-refractivity contribution is -0.126. The van der Waals surface area contributed by atoms with Crippen molar-refractivity contribution in [3.05, 3.63) is 72.4 Å². The van der Waals surface area contributed by atoms with Crippen LogP contribution in [0.15, 0.2) is 71.8 Å². The second kappa shape index (κ2) is 12.9. The first-order valence-electron chi connectivity index (χ1n) is 11.8. The lowest BCUT2D eigenvalue weighted by Gasteiger charge is -2.20. The second-order valence-corrected chi connectivity index (χ2v) is 10.5. The molecule has 0 saturated carbocycles. The van der Waals surface area contributed by atoms with E-state index >= 15 is 0 Å². The smallest absolute Gasteiger partial charge is 0.408 e. The molecule has 3 N–H and O–H groups in total. The maximum absolute atomic E-state index is 12.8. The Balaban J connectivity index is 1.52. The van der Waals surface area contributed by atoms with Crippen LogP contribution in [0.2, 0.25) is 0 Å². The Bertz CT molecular complexity index is 1340. The number of hydrogen-bond acceptors (Lipinski definition) is 7. The average molecular weight is 527 g/mol. The van der Waals surface area contributed by atoms with Gasteiger partial charge in [-0.05, 0) is 30.0 Å². The van der Waals surface area contributed by atoms with Gasteiger partial charge in [-0.25, -0.2) is 17.9 Å². The molecule has 10 nitrogen and oxygen atoms in total. The zero-order chi connectivity index (χ0) is 26.8. The van der Waals surface area contributed by atoms with Gasteiger partial charge in [-0.2, -0.15) is 0 Å². The maximum atomic E-state index is 12.8. The number of aromatic nitrogens is 1. The summed E-state index contributed by atoms with van der Waals surface area (Å²) in [6.45, 7) is 2.89. The van der Waals surface area contributed by atoms with E-state index in [9.17, 15) is 22.8 Å². The normalized spacial score (nSPS) is 12.2. The van der Waals surface area contributed by atoms with Crippen LogP contribution < -0.4 is 15.4 Å². The highest BCUT2D eigenvalue weighted by atomic mass is 32.2. The third kappa shape index (κ3) is 8.36. The van der Waals surface area contributed by atoms with Crippen molar-refractivity contribution in [2.24, 2.45) is 5.92 Å². The van der Waals surface area contributed by atoms with Gasteiger partial charge in [0.05, 0.1) is 18.6 Å². The molecule has 0 aliphatic heterocycles. The minimum Gasteiger partial charge on any atom is -0.445 e. The number of benzene rings is 2. The number of Topliss-reactive ketones (excluding diaryl/α,β-unsaturated/α-hetero) is 1. The predicted molar refractivity (Wildman–Crippen MR) is 138 cm³/mol. The molecule has 0 aliphatic carbocycles. The summed E-state index contributed by atoms with van der Waals surface area (Å²) in [4.78, 5) is 41.3. The SMILES string of the molecule is CC(C)C[C@H](NC(=O)OCc1ccccc1)C(=O)NCC(=O)CNS(=O)(=O)c1cccc2cccnc12. The summed E-state index contributed by atoms with van der Waals surface area (Å²) in [5.74, 6) is -1.05. The van der Waals surface area contributed by atoms with Crippen molar-refractivity contribution in [2.45, 2.75) is 37.8 Å². The van der Waals surface area contributed by atoms with E-state index in [-0.39, 0.29) is 17.4 Å². The number of amides is 2. The minimum absolute atomic E-state index is 0.0438. The predicted octanol–water partition coefficient (Wildman–Crippen LogP) is 2.54. The van der Waals surface area contributed by atoms with Gasteiger partial charge in [-0.3, -0.25) is 14.6 Å². The summed E-state index contributed by atoms with van der Waals surface area (Å²) in [6, 6.07) is 16.4. The highest BCUT2D eigenvalue weighted by Crippen LogP contribution is 2.20. The number of nitrogens with zero attached hydrogens (tertiary/aromatic N) is 1. The fourth-order valence-electron chi connectivity index (χ4n) is 3.53. The molecule has 0 unspecified atom stereocenters. The number of alkyl carbamates (subject to hydrolysis) is 1. The number of sulfonamides is 1. The van der Waals surface area contributed by atoms with E-state index in [1.807, 2.05) is 44.2 Å². The van der Waals surface area contributed by atoms with E-state index in [2.05, 4.69) is 20.3 Å². The van der Waals surface area contributed by atoms with Crippen LogP contribution in [0.25, 0.3) is 10.9 Å².